The second-order valence-corrected chi connectivity index (χ2v) is 7.76. The molecule has 4 rings (SSSR count). The number of hydrogen-bond donors (Lipinski definition) is 1. The molecule has 2 amide bonds. The Kier molecular flexibility index (Phi) is 5.23. The van der Waals surface area contributed by atoms with Gasteiger partial charge in [-0.2, -0.15) is 5.26 Å². The van der Waals surface area contributed by atoms with Gasteiger partial charge in [0.15, 0.2) is 0 Å². The fraction of sp³-hybridized carbons (Fsp3) is 0.304. The van der Waals surface area contributed by atoms with Crippen LogP contribution in [0.5, 0.6) is 0 Å². The zero-order chi connectivity index (χ0) is 21.3. The number of rotatable bonds is 2. The number of piperazine rings is 1. The Labute approximate surface area is 176 Å². The van der Waals surface area contributed by atoms with E-state index in [1.54, 1.807) is 12.4 Å². The van der Waals surface area contributed by atoms with Gasteiger partial charge in [-0.1, -0.05) is 0 Å². The van der Waals surface area contributed by atoms with E-state index >= 15 is 0 Å². The SMILES string of the molecule is Cc1ccc(NC(=O)N2CC(C)N(c3ccc(C#N)c4ncccc34)C[C@H]2C)cn1. The molecular weight excluding hydrogens is 376 g/mol. The summed E-state index contributed by atoms with van der Waals surface area (Å²) in [4.78, 5) is 25.7. The summed E-state index contributed by atoms with van der Waals surface area (Å²) in [5, 5.41) is 13.3. The molecule has 1 aliphatic rings. The molecule has 3 aromatic rings. The summed E-state index contributed by atoms with van der Waals surface area (Å²) in [7, 11) is 0. The van der Waals surface area contributed by atoms with E-state index in [4.69, 9.17) is 0 Å². The fourth-order valence-electron chi connectivity index (χ4n) is 3.98. The molecule has 2 atom stereocenters. The summed E-state index contributed by atoms with van der Waals surface area (Å²) >= 11 is 0. The molecule has 1 N–H and O–H groups in total. The number of carbonyl (C=O) groups is 1. The number of nitrogens with zero attached hydrogens (tertiary/aromatic N) is 5. The van der Waals surface area contributed by atoms with Gasteiger partial charge >= 0.3 is 6.03 Å². The lowest BCUT2D eigenvalue weighted by Crippen LogP contribution is -2.59. The Morgan fingerprint density at radius 3 is 2.70 bits per heavy atom. The largest absolute Gasteiger partial charge is 0.364 e. The molecule has 0 aliphatic carbocycles. The number of pyridine rings is 2. The Hall–Kier alpha value is -3.66. The van der Waals surface area contributed by atoms with Crippen LogP contribution in [-0.2, 0) is 0 Å². The summed E-state index contributed by atoms with van der Waals surface area (Å²) in [5.74, 6) is 0. The van der Waals surface area contributed by atoms with Gasteiger partial charge in [-0.05, 0) is 57.2 Å². The van der Waals surface area contributed by atoms with Crippen molar-refractivity contribution < 1.29 is 4.79 Å². The summed E-state index contributed by atoms with van der Waals surface area (Å²) < 4.78 is 0. The average Bonchev–Trinajstić information content (AvgIpc) is 2.76. The molecule has 0 spiro atoms. The van der Waals surface area contributed by atoms with Crippen LogP contribution in [-0.4, -0.2) is 46.1 Å². The topological polar surface area (TPSA) is 85.2 Å². The van der Waals surface area contributed by atoms with E-state index in [-0.39, 0.29) is 18.1 Å². The standard InChI is InChI=1S/C23H24N6O/c1-15-6-8-19(12-26-15)27-23(30)29-14-16(2)28(13-17(29)3)21-9-7-18(11-24)22-20(21)5-4-10-25-22/h4-10,12,16-17H,13-14H2,1-3H3,(H,27,30)/t16?,17-/m1/s1. The minimum absolute atomic E-state index is 0.0157. The van der Waals surface area contributed by atoms with Gasteiger partial charge < -0.3 is 15.1 Å². The molecular formula is C23H24N6O. The molecule has 0 radical (unpaired) electrons. The van der Waals surface area contributed by atoms with Crippen molar-refractivity contribution in [2.45, 2.75) is 32.9 Å². The molecule has 7 nitrogen and oxygen atoms in total. The molecule has 152 valence electrons. The smallest absolute Gasteiger partial charge is 0.322 e. The van der Waals surface area contributed by atoms with E-state index in [0.29, 0.717) is 29.9 Å². The number of aromatic nitrogens is 2. The fourth-order valence-corrected chi connectivity index (χ4v) is 3.98. The number of aryl methyl sites for hydroxylation is 1. The maximum Gasteiger partial charge on any atom is 0.322 e. The van der Waals surface area contributed by atoms with Gasteiger partial charge in [0, 0.05) is 48.1 Å². The van der Waals surface area contributed by atoms with Crippen molar-refractivity contribution in [3.8, 4) is 6.07 Å². The van der Waals surface area contributed by atoms with Crippen LogP contribution in [0, 0.1) is 18.3 Å². The first-order valence-electron chi connectivity index (χ1n) is 10.0. The predicted octanol–water partition coefficient (Wildman–Crippen LogP) is 3.94. The van der Waals surface area contributed by atoms with Crippen LogP contribution in [0.1, 0.15) is 25.1 Å². The molecule has 1 unspecified atom stereocenters. The third-order valence-corrected chi connectivity index (χ3v) is 5.59. The van der Waals surface area contributed by atoms with Gasteiger partial charge in [-0.15, -0.1) is 0 Å². The van der Waals surface area contributed by atoms with Crippen molar-refractivity contribution in [1.82, 2.24) is 14.9 Å². The molecule has 1 fully saturated rings. The van der Waals surface area contributed by atoms with Crippen molar-refractivity contribution in [2.75, 3.05) is 23.3 Å². The molecule has 2 aromatic heterocycles. The van der Waals surface area contributed by atoms with Crippen LogP contribution < -0.4 is 10.2 Å². The lowest BCUT2D eigenvalue weighted by atomic mass is 10.0. The summed E-state index contributed by atoms with van der Waals surface area (Å²) in [6, 6.07) is 13.7. The van der Waals surface area contributed by atoms with Crippen LogP contribution in [0.25, 0.3) is 10.9 Å². The second-order valence-electron chi connectivity index (χ2n) is 7.76. The number of urea groups is 1. The monoisotopic (exact) mass is 400 g/mol. The lowest BCUT2D eigenvalue weighted by molar-refractivity contribution is 0.173. The maximum atomic E-state index is 12.9. The van der Waals surface area contributed by atoms with E-state index in [1.165, 1.54) is 0 Å². The van der Waals surface area contributed by atoms with Crippen LogP contribution in [0.4, 0.5) is 16.2 Å². The highest BCUT2D eigenvalue weighted by Crippen LogP contribution is 2.31. The lowest BCUT2D eigenvalue weighted by Gasteiger charge is -2.45. The van der Waals surface area contributed by atoms with E-state index in [0.717, 1.165) is 16.8 Å². The maximum absolute atomic E-state index is 12.9. The molecule has 1 saturated heterocycles. The Balaban J connectivity index is 1.56. The number of anilines is 2. The number of fused-ring (bicyclic) bond motifs is 1. The van der Waals surface area contributed by atoms with E-state index < -0.39 is 0 Å². The highest BCUT2D eigenvalue weighted by molar-refractivity contribution is 5.95. The van der Waals surface area contributed by atoms with Crippen LogP contribution >= 0.6 is 0 Å². The van der Waals surface area contributed by atoms with Crippen molar-refractivity contribution >= 4 is 28.3 Å². The number of benzene rings is 1. The minimum atomic E-state index is -0.119. The Bertz CT molecular complexity index is 1120. The van der Waals surface area contributed by atoms with Crippen molar-refractivity contribution in [3.63, 3.8) is 0 Å². The molecule has 0 bridgehead atoms. The normalized spacial score (nSPS) is 18.9. The van der Waals surface area contributed by atoms with Crippen molar-refractivity contribution in [1.29, 1.82) is 5.26 Å². The summed E-state index contributed by atoms with van der Waals surface area (Å²) in [6.45, 7) is 7.36. The Morgan fingerprint density at radius 1 is 1.13 bits per heavy atom. The number of carbonyl (C=O) groups excluding carboxylic acids is 1. The first-order chi connectivity index (χ1) is 14.5. The molecule has 30 heavy (non-hydrogen) atoms. The van der Waals surface area contributed by atoms with Crippen LogP contribution in [0.3, 0.4) is 0 Å². The summed E-state index contributed by atoms with van der Waals surface area (Å²) in [6.07, 6.45) is 3.38. The molecule has 7 heteroatoms. The van der Waals surface area contributed by atoms with Gasteiger partial charge in [-0.3, -0.25) is 9.97 Å². The zero-order valence-corrected chi connectivity index (χ0v) is 17.3. The minimum Gasteiger partial charge on any atom is -0.364 e. The van der Waals surface area contributed by atoms with Gasteiger partial charge in [0.2, 0.25) is 0 Å². The quantitative estimate of drug-likeness (QED) is 0.704. The first-order valence-corrected chi connectivity index (χ1v) is 10.0. The van der Waals surface area contributed by atoms with Crippen LogP contribution in [0.2, 0.25) is 0 Å². The number of hydrogen-bond acceptors (Lipinski definition) is 5. The van der Waals surface area contributed by atoms with Crippen molar-refractivity contribution in [2.24, 2.45) is 0 Å². The predicted molar refractivity (Wildman–Crippen MR) is 117 cm³/mol. The van der Waals surface area contributed by atoms with E-state index in [1.807, 2.05) is 48.2 Å². The average molecular weight is 400 g/mol. The van der Waals surface area contributed by atoms with Crippen LogP contribution in [0.15, 0.2) is 48.8 Å². The van der Waals surface area contributed by atoms with E-state index in [2.05, 4.69) is 40.1 Å². The third kappa shape index (κ3) is 3.64. The number of amides is 2. The molecule has 1 aliphatic heterocycles. The van der Waals surface area contributed by atoms with Gasteiger partial charge in [0.05, 0.1) is 23.0 Å². The first kappa shape index (κ1) is 19.6. The van der Waals surface area contributed by atoms with Gasteiger partial charge in [0.1, 0.15) is 6.07 Å². The summed E-state index contributed by atoms with van der Waals surface area (Å²) in [5.41, 5.74) is 3.92. The zero-order valence-electron chi connectivity index (χ0n) is 17.3. The molecule has 0 saturated carbocycles. The van der Waals surface area contributed by atoms with Gasteiger partial charge in [0.25, 0.3) is 0 Å². The third-order valence-electron chi connectivity index (χ3n) is 5.59. The van der Waals surface area contributed by atoms with Crippen molar-refractivity contribution in [3.05, 3.63) is 60.0 Å². The highest BCUT2D eigenvalue weighted by Gasteiger charge is 2.33. The number of nitriles is 1. The highest BCUT2D eigenvalue weighted by atomic mass is 16.2. The number of nitrogens with one attached hydrogen (secondary N) is 1. The Morgan fingerprint density at radius 2 is 1.97 bits per heavy atom. The van der Waals surface area contributed by atoms with Gasteiger partial charge in [-0.25, -0.2) is 4.79 Å². The van der Waals surface area contributed by atoms with E-state index in [9.17, 15) is 10.1 Å². The molecule has 3 heterocycles. The molecule has 1 aromatic carbocycles. The second kappa shape index (κ2) is 7.99.